The Balaban J connectivity index is 0.000000533. The summed E-state index contributed by atoms with van der Waals surface area (Å²) in [6, 6.07) is 12.2. The lowest BCUT2D eigenvalue weighted by Crippen LogP contribution is -2.32. The average Bonchev–Trinajstić information content (AvgIpc) is 2.64. The summed E-state index contributed by atoms with van der Waals surface area (Å²) in [5.74, 6) is -1.88. The minimum atomic E-state index is -0.965. The van der Waals surface area contributed by atoms with Crippen LogP contribution in [0.25, 0.3) is 10.8 Å². The molecule has 0 aliphatic carbocycles. The number of hydrogen-bond acceptors (Lipinski definition) is 4. The summed E-state index contributed by atoms with van der Waals surface area (Å²) in [4.78, 5) is 20.7. The molecule has 2 unspecified atom stereocenters. The number of carboxylic acids is 2. The van der Waals surface area contributed by atoms with E-state index in [4.69, 9.17) is 21.7 Å². The maximum Gasteiger partial charge on any atom is 0.320 e. The smallest absolute Gasteiger partial charge is 0.320 e. The molecule has 2 aromatic carbocycles. The molecule has 0 aromatic heterocycles. The van der Waals surface area contributed by atoms with Crippen LogP contribution in [0, 0.1) is 0 Å². The van der Waals surface area contributed by atoms with Crippen LogP contribution >= 0.6 is 0 Å². The van der Waals surface area contributed by atoms with Gasteiger partial charge in [-0.15, -0.1) is 0 Å². The highest BCUT2D eigenvalue weighted by atomic mass is 16.4. The summed E-state index contributed by atoms with van der Waals surface area (Å²) in [5, 5.41) is 19.2. The predicted molar refractivity (Wildman–Crippen MR) is 105 cm³/mol. The molecule has 0 radical (unpaired) electrons. The highest BCUT2D eigenvalue weighted by molar-refractivity contribution is 5.86. The van der Waals surface area contributed by atoms with Crippen LogP contribution in [0.15, 0.2) is 42.5 Å². The molecular formula is C20H30N2O4. The van der Waals surface area contributed by atoms with E-state index in [0.29, 0.717) is 12.8 Å². The van der Waals surface area contributed by atoms with E-state index >= 15 is 0 Å². The molecule has 0 aliphatic heterocycles. The Kier molecular flexibility index (Phi) is 11.6. The minimum Gasteiger partial charge on any atom is -0.480 e. The first-order valence-electron chi connectivity index (χ1n) is 8.80. The molecule has 6 N–H and O–H groups in total. The lowest BCUT2D eigenvalue weighted by molar-refractivity contribution is -0.139. The van der Waals surface area contributed by atoms with E-state index in [1.54, 1.807) is 0 Å². The van der Waals surface area contributed by atoms with Crippen molar-refractivity contribution >= 4 is 22.7 Å². The van der Waals surface area contributed by atoms with Crippen molar-refractivity contribution in [3.63, 3.8) is 0 Å². The fraction of sp³-hybridized carbons (Fsp3) is 0.400. The van der Waals surface area contributed by atoms with Gasteiger partial charge in [0.05, 0.1) is 0 Å². The van der Waals surface area contributed by atoms with Crippen LogP contribution < -0.4 is 11.5 Å². The van der Waals surface area contributed by atoms with Crippen molar-refractivity contribution in [1.82, 2.24) is 0 Å². The number of carbonyl (C=O) groups is 2. The standard InChI is InChI=1S/C13H13NO2.C5H11NO2.C2H6/c14-12(13(15)16)8-10-6-3-5-9-4-1-2-7-11(9)10;1-2-3-4(6)5(7)8;1-2/h1-7,12H,8,14H2,(H,15,16);4H,2-3,6H2,1H3,(H,7,8);1-2H3. The number of rotatable bonds is 6. The number of fused-ring (bicyclic) bond motifs is 1. The van der Waals surface area contributed by atoms with Gasteiger partial charge in [-0.1, -0.05) is 69.7 Å². The van der Waals surface area contributed by atoms with Gasteiger partial charge < -0.3 is 21.7 Å². The predicted octanol–water partition coefficient (Wildman–Crippen LogP) is 3.02. The summed E-state index contributed by atoms with van der Waals surface area (Å²) >= 11 is 0. The zero-order chi connectivity index (χ0) is 20.1. The molecule has 2 rings (SSSR count). The lowest BCUT2D eigenvalue weighted by atomic mass is 9.99. The maximum atomic E-state index is 10.7. The molecule has 0 spiro atoms. The van der Waals surface area contributed by atoms with Gasteiger partial charge in [0.15, 0.2) is 0 Å². The van der Waals surface area contributed by atoms with Crippen molar-refractivity contribution in [3.8, 4) is 0 Å². The Hall–Kier alpha value is -2.44. The van der Waals surface area contributed by atoms with Crippen molar-refractivity contribution in [2.24, 2.45) is 11.5 Å². The average molecular weight is 362 g/mol. The highest BCUT2D eigenvalue weighted by Gasteiger charge is 2.13. The van der Waals surface area contributed by atoms with Crippen molar-refractivity contribution in [2.45, 2.75) is 52.1 Å². The van der Waals surface area contributed by atoms with Crippen molar-refractivity contribution < 1.29 is 19.8 Å². The summed E-state index contributed by atoms with van der Waals surface area (Å²) in [6.07, 6.45) is 1.75. The van der Waals surface area contributed by atoms with Crippen LogP contribution in [-0.4, -0.2) is 34.2 Å². The molecule has 0 heterocycles. The number of benzene rings is 2. The molecule has 0 fully saturated rings. The van der Waals surface area contributed by atoms with Gasteiger partial charge in [-0.2, -0.15) is 0 Å². The quantitative estimate of drug-likeness (QED) is 0.625. The summed E-state index contributed by atoms with van der Waals surface area (Å²) in [6.45, 7) is 5.91. The Morgan fingerprint density at radius 2 is 1.46 bits per heavy atom. The molecule has 2 aromatic rings. The van der Waals surface area contributed by atoms with Gasteiger partial charge in [-0.3, -0.25) is 9.59 Å². The summed E-state index contributed by atoms with van der Waals surface area (Å²) in [5.41, 5.74) is 11.6. The molecule has 0 saturated carbocycles. The molecule has 0 bridgehead atoms. The fourth-order valence-corrected chi connectivity index (χ4v) is 2.23. The van der Waals surface area contributed by atoms with Crippen LogP contribution in [-0.2, 0) is 16.0 Å². The van der Waals surface area contributed by atoms with Crippen molar-refractivity contribution in [2.75, 3.05) is 0 Å². The number of carboxylic acid groups (broad SMARTS) is 2. The first kappa shape index (κ1) is 23.6. The molecule has 144 valence electrons. The van der Waals surface area contributed by atoms with Gasteiger partial charge >= 0.3 is 11.9 Å². The molecule has 6 heteroatoms. The third kappa shape index (κ3) is 8.09. The molecule has 26 heavy (non-hydrogen) atoms. The first-order valence-corrected chi connectivity index (χ1v) is 8.80. The van der Waals surface area contributed by atoms with Gasteiger partial charge in [0.25, 0.3) is 0 Å². The Bertz CT molecular complexity index is 683. The third-order valence-electron chi connectivity index (χ3n) is 3.55. The van der Waals surface area contributed by atoms with Gasteiger partial charge in [0.2, 0.25) is 0 Å². The normalized spacial score (nSPS) is 12.0. The Morgan fingerprint density at radius 3 is 1.96 bits per heavy atom. The molecule has 0 aliphatic rings. The summed E-state index contributed by atoms with van der Waals surface area (Å²) in [7, 11) is 0. The van der Waals surface area contributed by atoms with Crippen molar-refractivity contribution in [1.29, 1.82) is 0 Å². The SMILES string of the molecule is CC.CCCC(N)C(=O)O.NC(Cc1cccc2ccccc12)C(=O)O. The second-order valence-electron chi connectivity index (χ2n) is 5.52. The zero-order valence-electron chi connectivity index (χ0n) is 15.7. The third-order valence-corrected chi connectivity index (χ3v) is 3.55. The molecule has 2 atom stereocenters. The van der Waals surface area contributed by atoms with E-state index in [0.717, 1.165) is 22.8 Å². The van der Waals surface area contributed by atoms with E-state index in [9.17, 15) is 9.59 Å². The van der Waals surface area contributed by atoms with E-state index < -0.39 is 24.0 Å². The molecule has 0 amide bonds. The van der Waals surface area contributed by atoms with Gasteiger partial charge in [-0.05, 0) is 29.2 Å². The van der Waals surface area contributed by atoms with Gasteiger partial charge in [-0.25, -0.2) is 0 Å². The molecule has 6 nitrogen and oxygen atoms in total. The second-order valence-corrected chi connectivity index (χ2v) is 5.52. The lowest BCUT2D eigenvalue weighted by Gasteiger charge is -2.09. The molecular weight excluding hydrogens is 332 g/mol. The van der Waals surface area contributed by atoms with Crippen LogP contribution in [0.2, 0.25) is 0 Å². The summed E-state index contributed by atoms with van der Waals surface area (Å²) < 4.78 is 0. The first-order chi connectivity index (χ1) is 12.4. The van der Waals surface area contributed by atoms with E-state index in [1.807, 2.05) is 63.2 Å². The van der Waals surface area contributed by atoms with Crippen LogP contribution in [0.3, 0.4) is 0 Å². The van der Waals surface area contributed by atoms with Gasteiger partial charge in [0, 0.05) is 0 Å². The van der Waals surface area contributed by atoms with Gasteiger partial charge in [0.1, 0.15) is 12.1 Å². The van der Waals surface area contributed by atoms with E-state index in [-0.39, 0.29) is 0 Å². The maximum absolute atomic E-state index is 10.7. The second kappa shape index (κ2) is 12.9. The number of hydrogen-bond donors (Lipinski definition) is 4. The zero-order valence-corrected chi connectivity index (χ0v) is 15.7. The number of nitrogens with two attached hydrogens (primary N) is 2. The number of aliphatic carboxylic acids is 2. The van der Waals surface area contributed by atoms with Crippen LogP contribution in [0.4, 0.5) is 0 Å². The topological polar surface area (TPSA) is 127 Å². The molecule has 0 saturated heterocycles. The minimum absolute atomic E-state index is 0.358. The van der Waals surface area contributed by atoms with Crippen LogP contribution in [0.1, 0.15) is 39.2 Å². The highest BCUT2D eigenvalue weighted by Crippen LogP contribution is 2.19. The monoisotopic (exact) mass is 362 g/mol. The van der Waals surface area contributed by atoms with E-state index in [1.165, 1.54) is 0 Å². The largest absolute Gasteiger partial charge is 0.480 e. The van der Waals surface area contributed by atoms with E-state index in [2.05, 4.69) is 0 Å². The van der Waals surface area contributed by atoms with Crippen molar-refractivity contribution in [3.05, 3.63) is 48.0 Å². The Labute approximate surface area is 154 Å². The fourth-order valence-electron chi connectivity index (χ4n) is 2.23. The van der Waals surface area contributed by atoms with Crippen LogP contribution in [0.5, 0.6) is 0 Å². The Morgan fingerprint density at radius 1 is 0.923 bits per heavy atom.